The SMILES string of the molecule is CSCCC(NC(=O)CNC(=O)C(Cc1cnc[nH]1)NC(=O)C(C)N)C(=O)O. The van der Waals surface area contributed by atoms with Crippen molar-refractivity contribution in [2.75, 3.05) is 18.6 Å². The Bertz CT molecular complexity index is 666. The maximum Gasteiger partial charge on any atom is 0.326 e. The van der Waals surface area contributed by atoms with Crippen LogP contribution in [0.5, 0.6) is 0 Å². The maximum atomic E-state index is 12.4. The summed E-state index contributed by atoms with van der Waals surface area (Å²) < 4.78 is 0. The van der Waals surface area contributed by atoms with E-state index in [1.54, 1.807) is 0 Å². The van der Waals surface area contributed by atoms with Gasteiger partial charge in [-0.2, -0.15) is 11.8 Å². The van der Waals surface area contributed by atoms with Gasteiger partial charge >= 0.3 is 5.97 Å². The Morgan fingerprint density at radius 3 is 2.50 bits per heavy atom. The van der Waals surface area contributed by atoms with E-state index in [2.05, 4.69) is 25.9 Å². The molecule has 156 valence electrons. The zero-order valence-corrected chi connectivity index (χ0v) is 16.5. The average Bonchev–Trinajstić information content (AvgIpc) is 3.15. The molecule has 0 aliphatic carbocycles. The van der Waals surface area contributed by atoms with Crippen LogP contribution in [0, 0.1) is 0 Å². The van der Waals surface area contributed by atoms with Gasteiger partial charge in [-0.25, -0.2) is 9.78 Å². The van der Waals surface area contributed by atoms with E-state index < -0.39 is 48.4 Å². The number of hydrogen-bond donors (Lipinski definition) is 6. The topological polar surface area (TPSA) is 179 Å². The quantitative estimate of drug-likeness (QED) is 0.232. The minimum absolute atomic E-state index is 0.122. The Morgan fingerprint density at radius 1 is 1.25 bits per heavy atom. The van der Waals surface area contributed by atoms with Crippen molar-refractivity contribution in [3.05, 3.63) is 18.2 Å². The summed E-state index contributed by atoms with van der Waals surface area (Å²) in [5, 5.41) is 16.4. The molecule has 12 heteroatoms. The molecule has 0 bridgehead atoms. The number of aromatic nitrogens is 2. The van der Waals surface area contributed by atoms with Crippen molar-refractivity contribution >= 4 is 35.5 Å². The van der Waals surface area contributed by atoms with Crippen molar-refractivity contribution in [1.82, 2.24) is 25.9 Å². The number of imidazole rings is 1. The van der Waals surface area contributed by atoms with Crippen molar-refractivity contribution in [3.8, 4) is 0 Å². The highest BCUT2D eigenvalue weighted by Gasteiger charge is 2.24. The summed E-state index contributed by atoms with van der Waals surface area (Å²) >= 11 is 1.46. The highest BCUT2D eigenvalue weighted by molar-refractivity contribution is 7.98. The fourth-order valence-corrected chi connectivity index (χ4v) is 2.63. The lowest BCUT2D eigenvalue weighted by Gasteiger charge is -2.19. The van der Waals surface area contributed by atoms with Gasteiger partial charge in [-0.15, -0.1) is 0 Å². The van der Waals surface area contributed by atoms with Gasteiger partial charge in [-0.1, -0.05) is 0 Å². The van der Waals surface area contributed by atoms with E-state index in [0.29, 0.717) is 11.4 Å². The molecule has 1 heterocycles. The largest absolute Gasteiger partial charge is 0.480 e. The van der Waals surface area contributed by atoms with Gasteiger partial charge in [0.25, 0.3) is 0 Å². The standard InChI is InChI=1S/C16H26N6O5S/c1-9(17)14(24)22-12(5-10-6-18-8-20-10)15(25)19-7-13(23)21-11(16(26)27)3-4-28-2/h6,8-9,11-12H,3-5,7,17H2,1-2H3,(H,18,20)(H,19,25)(H,21,23)(H,22,24)(H,26,27). The van der Waals surface area contributed by atoms with E-state index in [0.717, 1.165) is 0 Å². The van der Waals surface area contributed by atoms with Crippen molar-refractivity contribution in [2.24, 2.45) is 5.73 Å². The van der Waals surface area contributed by atoms with E-state index in [4.69, 9.17) is 10.8 Å². The second-order valence-electron chi connectivity index (χ2n) is 6.09. The molecule has 1 aromatic heterocycles. The third kappa shape index (κ3) is 8.39. The van der Waals surface area contributed by atoms with Crippen molar-refractivity contribution in [3.63, 3.8) is 0 Å². The minimum Gasteiger partial charge on any atom is -0.480 e. The molecule has 0 saturated carbocycles. The molecular formula is C16H26N6O5S. The number of amides is 3. The van der Waals surface area contributed by atoms with Gasteiger partial charge in [0.1, 0.15) is 12.1 Å². The number of carboxylic acid groups (broad SMARTS) is 1. The first-order chi connectivity index (χ1) is 13.2. The molecule has 0 fully saturated rings. The molecule has 1 rings (SSSR count). The number of carbonyl (C=O) groups is 4. The zero-order valence-electron chi connectivity index (χ0n) is 15.7. The summed E-state index contributed by atoms with van der Waals surface area (Å²) in [5.41, 5.74) is 6.13. The molecule has 0 aromatic carbocycles. The zero-order chi connectivity index (χ0) is 21.1. The number of rotatable bonds is 12. The van der Waals surface area contributed by atoms with Gasteiger partial charge in [0.2, 0.25) is 17.7 Å². The highest BCUT2D eigenvalue weighted by atomic mass is 32.2. The highest BCUT2D eigenvalue weighted by Crippen LogP contribution is 2.02. The summed E-state index contributed by atoms with van der Waals surface area (Å²) in [6.45, 7) is 1.06. The molecule has 11 nitrogen and oxygen atoms in total. The Balaban J connectivity index is 2.64. The molecule has 0 aliphatic rings. The Labute approximate surface area is 166 Å². The predicted octanol–water partition coefficient (Wildman–Crippen LogP) is -1.78. The van der Waals surface area contributed by atoms with Crippen LogP contribution < -0.4 is 21.7 Å². The number of aliphatic carboxylic acids is 1. The fourth-order valence-electron chi connectivity index (χ4n) is 2.16. The first-order valence-corrected chi connectivity index (χ1v) is 9.96. The normalized spacial score (nSPS) is 13.8. The van der Waals surface area contributed by atoms with Crippen molar-refractivity contribution < 1.29 is 24.3 Å². The molecule has 0 spiro atoms. The lowest BCUT2D eigenvalue weighted by atomic mass is 10.1. The molecule has 3 amide bonds. The van der Waals surface area contributed by atoms with Crippen LogP contribution in [0.25, 0.3) is 0 Å². The Kier molecular flexibility index (Phi) is 10.0. The van der Waals surface area contributed by atoms with Gasteiger partial charge in [0.05, 0.1) is 18.9 Å². The van der Waals surface area contributed by atoms with Crippen molar-refractivity contribution in [2.45, 2.75) is 37.9 Å². The molecule has 7 N–H and O–H groups in total. The lowest BCUT2D eigenvalue weighted by molar-refractivity contribution is -0.141. The van der Waals surface area contributed by atoms with Gasteiger partial charge in [-0.3, -0.25) is 14.4 Å². The van der Waals surface area contributed by atoms with Crippen LogP contribution in [-0.4, -0.2) is 75.4 Å². The summed E-state index contributed by atoms with van der Waals surface area (Å²) in [6.07, 6.45) is 5.16. The predicted molar refractivity (Wildman–Crippen MR) is 103 cm³/mol. The molecule has 0 saturated heterocycles. The van der Waals surface area contributed by atoms with E-state index >= 15 is 0 Å². The van der Waals surface area contributed by atoms with Crippen molar-refractivity contribution in [1.29, 1.82) is 0 Å². The third-order valence-corrected chi connectivity index (χ3v) is 4.34. The van der Waals surface area contributed by atoms with Crippen LogP contribution in [0.15, 0.2) is 12.5 Å². The third-order valence-electron chi connectivity index (χ3n) is 3.69. The number of H-pyrrole nitrogens is 1. The number of carboxylic acids is 1. The number of thioether (sulfide) groups is 1. The fraction of sp³-hybridized carbons (Fsp3) is 0.562. The average molecular weight is 414 g/mol. The van der Waals surface area contributed by atoms with Gasteiger partial charge in [0.15, 0.2) is 0 Å². The summed E-state index contributed by atoms with van der Waals surface area (Å²) in [6, 6.07) is -2.82. The molecular weight excluding hydrogens is 388 g/mol. The smallest absolute Gasteiger partial charge is 0.326 e. The number of hydrogen-bond acceptors (Lipinski definition) is 7. The van der Waals surface area contributed by atoms with Gasteiger partial charge in [0, 0.05) is 18.3 Å². The molecule has 0 aliphatic heterocycles. The number of nitrogens with zero attached hydrogens (tertiary/aromatic N) is 1. The van der Waals surface area contributed by atoms with Crippen LogP contribution in [0.3, 0.4) is 0 Å². The van der Waals surface area contributed by atoms with Crippen LogP contribution >= 0.6 is 11.8 Å². The second kappa shape index (κ2) is 12.0. The van der Waals surface area contributed by atoms with E-state index in [-0.39, 0.29) is 12.8 Å². The number of nitrogens with one attached hydrogen (secondary N) is 4. The molecule has 3 atom stereocenters. The van der Waals surface area contributed by atoms with Gasteiger partial charge in [-0.05, 0) is 25.4 Å². The molecule has 1 aromatic rings. The van der Waals surface area contributed by atoms with Crippen LogP contribution in [0.4, 0.5) is 0 Å². The van der Waals surface area contributed by atoms with Crippen LogP contribution in [0.2, 0.25) is 0 Å². The molecule has 28 heavy (non-hydrogen) atoms. The lowest BCUT2D eigenvalue weighted by Crippen LogP contribution is -2.53. The van der Waals surface area contributed by atoms with Crippen LogP contribution in [0.1, 0.15) is 19.0 Å². The summed E-state index contributed by atoms with van der Waals surface area (Å²) in [7, 11) is 0. The Hall–Kier alpha value is -2.60. The molecule has 3 unspecified atom stereocenters. The number of nitrogens with two attached hydrogens (primary N) is 1. The first-order valence-electron chi connectivity index (χ1n) is 8.56. The summed E-state index contributed by atoms with van der Waals surface area (Å²) in [4.78, 5) is 54.1. The van der Waals surface area contributed by atoms with E-state index in [1.165, 1.54) is 31.2 Å². The van der Waals surface area contributed by atoms with E-state index in [1.807, 2.05) is 6.26 Å². The second-order valence-corrected chi connectivity index (χ2v) is 7.07. The minimum atomic E-state index is -1.14. The van der Waals surface area contributed by atoms with E-state index in [9.17, 15) is 19.2 Å². The Morgan fingerprint density at radius 2 is 1.96 bits per heavy atom. The molecule has 0 radical (unpaired) electrons. The van der Waals surface area contributed by atoms with Crippen LogP contribution in [-0.2, 0) is 25.6 Å². The number of carbonyl (C=O) groups excluding carboxylic acids is 3. The van der Waals surface area contributed by atoms with Gasteiger partial charge < -0.3 is 31.8 Å². The monoisotopic (exact) mass is 414 g/mol. The summed E-state index contributed by atoms with van der Waals surface area (Å²) in [5.74, 6) is -2.34. The first kappa shape index (κ1) is 23.4. The number of aromatic amines is 1. The maximum absolute atomic E-state index is 12.4.